The Bertz CT molecular complexity index is 882. The predicted molar refractivity (Wildman–Crippen MR) is 125 cm³/mol. The lowest BCUT2D eigenvalue weighted by atomic mass is 10.1. The van der Waals surface area contributed by atoms with Crippen LogP contribution in [0.2, 0.25) is 0 Å². The van der Waals surface area contributed by atoms with Crippen molar-refractivity contribution in [3.63, 3.8) is 0 Å². The van der Waals surface area contributed by atoms with Crippen molar-refractivity contribution < 1.29 is 18.7 Å². The first-order valence-corrected chi connectivity index (χ1v) is 11.6. The predicted octanol–water partition coefficient (Wildman–Crippen LogP) is 4.37. The van der Waals surface area contributed by atoms with Crippen LogP contribution in [0.3, 0.4) is 0 Å². The molecule has 0 bridgehead atoms. The summed E-state index contributed by atoms with van der Waals surface area (Å²) in [5.41, 5.74) is 1.10. The van der Waals surface area contributed by atoms with E-state index in [-0.39, 0.29) is 30.0 Å². The van der Waals surface area contributed by atoms with Crippen LogP contribution in [0, 0.1) is 5.82 Å². The minimum absolute atomic E-state index is 0.00709. The number of nitrogens with zero attached hydrogens (tertiary/aromatic N) is 2. The SMILES string of the molecule is CC(c1ccc(Br)cc1)N1CCC(CCN2CCNC(=O)C2)OC1=O.Fc1ccccc1. The lowest BCUT2D eigenvalue weighted by Gasteiger charge is -2.36. The van der Waals surface area contributed by atoms with Gasteiger partial charge in [-0.15, -0.1) is 0 Å². The van der Waals surface area contributed by atoms with E-state index in [2.05, 4.69) is 26.1 Å². The molecule has 2 unspecified atom stereocenters. The van der Waals surface area contributed by atoms with Gasteiger partial charge < -0.3 is 15.0 Å². The fourth-order valence-electron chi connectivity index (χ4n) is 3.74. The maximum atomic E-state index is 12.4. The van der Waals surface area contributed by atoms with Gasteiger partial charge in [-0.05, 0) is 43.2 Å². The second kappa shape index (κ2) is 12.0. The maximum absolute atomic E-state index is 12.4. The number of halogens is 2. The molecular formula is C24H29BrFN3O3. The van der Waals surface area contributed by atoms with Crippen molar-refractivity contribution in [1.82, 2.24) is 15.1 Å². The molecule has 0 saturated carbocycles. The lowest BCUT2D eigenvalue weighted by molar-refractivity contribution is -0.124. The summed E-state index contributed by atoms with van der Waals surface area (Å²) in [6.07, 6.45) is 1.29. The first-order chi connectivity index (χ1) is 15.4. The Kier molecular flexibility index (Phi) is 9.05. The average Bonchev–Trinajstić information content (AvgIpc) is 2.79. The minimum Gasteiger partial charge on any atom is -0.446 e. The number of cyclic esters (lactones) is 1. The Morgan fingerprint density at radius 1 is 1.12 bits per heavy atom. The van der Waals surface area contributed by atoms with Gasteiger partial charge in [0.05, 0.1) is 12.6 Å². The van der Waals surface area contributed by atoms with Crippen molar-refractivity contribution in [2.75, 3.05) is 32.7 Å². The van der Waals surface area contributed by atoms with E-state index in [1.54, 1.807) is 23.1 Å². The molecule has 0 radical (unpaired) electrons. The van der Waals surface area contributed by atoms with Gasteiger partial charge in [-0.2, -0.15) is 0 Å². The zero-order chi connectivity index (χ0) is 22.9. The van der Waals surface area contributed by atoms with Gasteiger partial charge in [0, 0.05) is 37.1 Å². The van der Waals surface area contributed by atoms with E-state index in [9.17, 15) is 14.0 Å². The van der Waals surface area contributed by atoms with Gasteiger partial charge in [-0.1, -0.05) is 46.3 Å². The van der Waals surface area contributed by atoms with Crippen LogP contribution in [0.25, 0.3) is 0 Å². The molecule has 4 rings (SSSR count). The topological polar surface area (TPSA) is 61.9 Å². The third kappa shape index (κ3) is 7.31. The number of carbonyl (C=O) groups is 2. The zero-order valence-corrected chi connectivity index (χ0v) is 19.8. The summed E-state index contributed by atoms with van der Waals surface area (Å²) in [7, 11) is 0. The lowest BCUT2D eigenvalue weighted by Crippen LogP contribution is -2.49. The molecule has 2 atom stereocenters. The van der Waals surface area contributed by atoms with Gasteiger partial charge in [0.25, 0.3) is 0 Å². The molecule has 8 heteroatoms. The van der Waals surface area contributed by atoms with Crippen LogP contribution in [0.1, 0.15) is 31.4 Å². The number of amides is 2. The maximum Gasteiger partial charge on any atom is 0.410 e. The number of rotatable bonds is 5. The summed E-state index contributed by atoms with van der Waals surface area (Å²) in [6, 6.07) is 15.9. The first kappa shape index (κ1) is 24.2. The number of hydrogen-bond acceptors (Lipinski definition) is 4. The van der Waals surface area contributed by atoms with Crippen LogP contribution < -0.4 is 5.32 Å². The molecule has 32 heavy (non-hydrogen) atoms. The van der Waals surface area contributed by atoms with Crippen molar-refractivity contribution >= 4 is 27.9 Å². The van der Waals surface area contributed by atoms with Crippen LogP contribution in [0.4, 0.5) is 9.18 Å². The molecule has 172 valence electrons. The average molecular weight is 506 g/mol. The fraction of sp³-hybridized carbons (Fsp3) is 0.417. The summed E-state index contributed by atoms with van der Waals surface area (Å²) in [6.45, 7) is 5.50. The molecule has 2 aliphatic rings. The first-order valence-electron chi connectivity index (χ1n) is 10.8. The standard InChI is InChI=1S/C18H24BrN3O3.C6H5F/c1-13(14-2-4-15(19)5-3-14)22-10-7-16(25-18(22)24)6-9-21-11-8-20-17(23)12-21;7-6-4-2-1-3-5-6/h2-5,13,16H,6-12H2,1H3,(H,20,23);1-5H. The number of nitrogens with one attached hydrogen (secondary N) is 1. The number of benzene rings is 2. The number of carbonyl (C=O) groups excluding carboxylic acids is 2. The summed E-state index contributed by atoms with van der Waals surface area (Å²) in [4.78, 5) is 27.7. The van der Waals surface area contributed by atoms with E-state index in [1.165, 1.54) is 12.1 Å². The van der Waals surface area contributed by atoms with Crippen molar-refractivity contribution in [3.05, 3.63) is 70.5 Å². The molecule has 0 spiro atoms. The van der Waals surface area contributed by atoms with Gasteiger partial charge in [0.1, 0.15) is 11.9 Å². The fourth-order valence-corrected chi connectivity index (χ4v) is 4.01. The Morgan fingerprint density at radius 3 is 2.44 bits per heavy atom. The molecule has 2 saturated heterocycles. The number of piperazine rings is 1. The molecule has 2 aromatic carbocycles. The second-order valence-corrected chi connectivity index (χ2v) is 8.84. The van der Waals surface area contributed by atoms with Crippen molar-refractivity contribution in [1.29, 1.82) is 0 Å². The Morgan fingerprint density at radius 2 is 1.84 bits per heavy atom. The summed E-state index contributed by atoms with van der Waals surface area (Å²) in [5, 5.41) is 2.82. The summed E-state index contributed by atoms with van der Waals surface area (Å²) < 4.78 is 18.6. The summed E-state index contributed by atoms with van der Waals surface area (Å²) in [5.74, 6) is -0.108. The van der Waals surface area contributed by atoms with Crippen LogP contribution in [-0.2, 0) is 9.53 Å². The molecule has 6 nitrogen and oxygen atoms in total. The molecule has 2 heterocycles. The number of ether oxygens (including phenoxy) is 1. The highest BCUT2D eigenvalue weighted by molar-refractivity contribution is 9.10. The third-order valence-corrected chi connectivity index (χ3v) is 6.16. The van der Waals surface area contributed by atoms with E-state index >= 15 is 0 Å². The van der Waals surface area contributed by atoms with Gasteiger partial charge >= 0.3 is 6.09 Å². The molecular weight excluding hydrogens is 477 g/mol. The second-order valence-electron chi connectivity index (χ2n) is 7.93. The van der Waals surface area contributed by atoms with Crippen molar-refractivity contribution in [2.24, 2.45) is 0 Å². The van der Waals surface area contributed by atoms with E-state index in [1.807, 2.05) is 31.2 Å². The molecule has 1 N–H and O–H groups in total. The van der Waals surface area contributed by atoms with Gasteiger partial charge in [-0.25, -0.2) is 9.18 Å². The molecule has 2 aromatic rings. The van der Waals surface area contributed by atoms with Crippen LogP contribution in [-0.4, -0.2) is 60.6 Å². The Balaban J connectivity index is 0.000000352. The quantitative estimate of drug-likeness (QED) is 0.655. The van der Waals surface area contributed by atoms with E-state index in [0.717, 1.165) is 36.0 Å². The largest absolute Gasteiger partial charge is 0.446 e. The van der Waals surface area contributed by atoms with Crippen LogP contribution >= 0.6 is 15.9 Å². The van der Waals surface area contributed by atoms with E-state index in [0.29, 0.717) is 19.6 Å². The van der Waals surface area contributed by atoms with E-state index in [4.69, 9.17) is 4.74 Å². The Labute approximate surface area is 196 Å². The smallest absolute Gasteiger partial charge is 0.410 e. The van der Waals surface area contributed by atoms with Crippen molar-refractivity contribution in [2.45, 2.75) is 31.9 Å². The van der Waals surface area contributed by atoms with Gasteiger partial charge in [0.2, 0.25) is 5.91 Å². The third-order valence-electron chi connectivity index (χ3n) is 5.63. The van der Waals surface area contributed by atoms with Crippen LogP contribution in [0.15, 0.2) is 59.1 Å². The van der Waals surface area contributed by atoms with Crippen LogP contribution in [0.5, 0.6) is 0 Å². The highest BCUT2D eigenvalue weighted by atomic mass is 79.9. The normalized spacial score (nSPS) is 20.0. The molecule has 0 aliphatic carbocycles. The minimum atomic E-state index is -0.247. The highest BCUT2D eigenvalue weighted by Gasteiger charge is 2.31. The van der Waals surface area contributed by atoms with Gasteiger partial charge in [0.15, 0.2) is 0 Å². The molecule has 2 aliphatic heterocycles. The Hall–Kier alpha value is -2.45. The number of hydrogen-bond donors (Lipinski definition) is 1. The monoisotopic (exact) mass is 505 g/mol. The van der Waals surface area contributed by atoms with Gasteiger partial charge in [-0.3, -0.25) is 9.69 Å². The zero-order valence-electron chi connectivity index (χ0n) is 18.2. The highest BCUT2D eigenvalue weighted by Crippen LogP contribution is 2.27. The molecule has 2 amide bonds. The van der Waals surface area contributed by atoms with E-state index < -0.39 is 0 Å². The molecule has 0 aromatic heterocycles. The summed E-state index contributed by atoms with van der Waals surface area (Å²) >= 11 is 3.43. The molecule has 2 fully saturated rings. The van der Waals surface area contributed by atoms with Crippen molar-refractivity contribution in [3.8, 4) is 0 Å².